The third-order valence-electron chi connectivity index (χ3n) is 4.17. The third kappa shape index (κ3) is 2.96. The zero-order valence-corrected chi connectivity index (χ0v) is 14.6. The van der Waals surface area contributed by atoms with Crippen molar-refractivity contribution in [1.29, 1.82) is 0 Å². The second kappa shape index (κ2) is 6.22. The fraction of sp³-hybridized carbons (Fsp3) is 0.158. The van der Waals surface area contributed by atoms with E-state index in [-0.39, 0.29) is 12.7 Å². The van der Waals surface area contributed by atoms with Crippen LogP contribution < -0.4 is 14.8 Å². The van der Waals surface area contributed by atoms with Crippen LogP contribution in [0.25, 0.3) is 11.3 Å². The lowest BCUT2D eigenvalue weighted by atomic mass is 10.1. The number of thiazole rings is 1. The number of hydrogen-bond acceptors (Lipinski definition) is 5. The van der Waals surface area contributed by atoms with Gasteiger partial charge in [0.25, 0.3) is 5.91 Å². The Hall–Kier alpha value is -2.86. The highest BCUT2D eigenvalue weighted by molar-refractivity contribution is 7.14. The summed E-state index contributed by atoms with van der Waals surface area (Å²) in [7, 11) is 0. The molecule has 2 aromatic carbocycles. The summed E-state index contributed by atoms with van der Waals surface area (Å²) >= 11 is 1.40. The van der Waals surface area contributed by atoms with Crippen LogP contribution >= 0.6 is 11.3 Å². The van der Waals surface area contributed by atoms with Crippen LogP contribution in [0.2, 0.25) is 0 Å². The quantitative estimate of drug-likeness (QED) is 0.758. The zero-order valence-electron chi connectivity index (χ0n) is 13.8. The van der Waals surface area contributed by atoms with Crippen molar-refractivity contribution < 1.29 is 14.3 Å². The zero-order chi connectivity index (χ0) is 17.4. The van der Waals surface area contributed by atoms with E-state index in [1.807, 2.05) is 11.4 Å². The maximum absolute atomic E-state index is 12.5. The summed E-state index contributed by atoms with van der Waals surface area (Å²) in [6, 6.07) is 11.5. The normalized spacial score (nSPS) is 12.2. The highest BCUT2D eigenvalue weighted by Gasteiger charge is 2.22. The van der Waals surface area contributed by atoms with Crippen LogP contribution in [-0.2, 0) is 0 Å². The van der Waals surface area contributed by atoms with Crippen molar-refractivity contribution in [3.05, 3.63) is 58.5 Å². The minimum absolute atomic E-state index is 0.133. The van der Waals surface area contributed by atoms with E-state index in [0.717, 1.165) is 11.3 Å². The summed E-state index contributed by atoms with van der Waals surface area (Å²) in [6.07, 6.45) is 0. The average molecular weight is 352 g/mol. The van der Waals surface area contributed by atoms with E-state index < -0.39 is 0 Å². The number of ether oxygens (including phenoxy) is 2. The van der Waals surface area contributed by atoms with Gasteiger partial charge >= 0.3 is 0 Å². The Bertz CT molecular complexity index is 965. The fourth-order valence-electron chi connectivity index (χ4n) is 2.64. The molecule has 5 nitrogen and oxygen atoms in total. The van der Waals surface area contributed by atoms with Crippen molar-refractivity contribution in [2.75, 3.05) is 12.1 Å². The average Bonchev–Trinajstić information content (AvgIpc) is 3.26. The first-order valence-electron chi connectivity index (χ1n) is 7.85. The molecule has 0 saturated heterocycles. The third-order valence-corrected chi connectivity index (χ3v) is 4.93. The molecular weight excluding hydrogens is 336 g/mol. The number of carbonyl (C=O) groups is 1. The van der Waals surface area contributed by atoms with Crippen molar-refractivity contribution >= 4 is 22.4 Å². The van der Waals surface area contributed by atoms with Crippen LogP contribution in [0.5, 0.6) is 11.5 Å². The van der Waals surface area contributed by atoms with Crippen molar-refractivity contribution in [3.63, 3.8) is 0 Å². The summed E-state index contributed by atoms with van der Waals surface area (Å²) in [5, 5.41) is 5.33. The lowest BCUT2D eigenvalue weighted by molar-refractivity contribution is 0.102. The summed E-state index contributed by atoms with van der Waals surface area (Å²) in [5.41, 5.74) is 4.79. The molecule has 0 bridgehead atoms. The standard InChI is InChI=1S/C19H16N2O3S/c1-11-6-7-13(8-12(11)2)15-9-25-19(20-15)21-18(22)14-4-3-5-16-17(14)24-10-23-16/h3-9H,10H2,1-2H3,(H,20,21,22). The first kappa shape index (κ1) is 15.7. The van der Waals surface area contributed by atoms with Gasteiger partial charge in [-0.2, -0.15) is 0 Å². The number of fused-ring (bicyclic) bond motifs is 1. The SMILES string of the molecule is Cc1ccc(-c2csc(NC(=O)c3cccc4c3OCO4)n2)cc1C. The highest BCUT2D eigenvalue weighted by Crippen LogP contribution is 2.36. The molecule has 0 spiro atoms. The fourth-order valence-corrected chi connectivity index (χ4v) is 3.35. The molecule has 1 aliphatic rings. The maximum Gasteiger partial charge on any atom is 0.261 e. The first-order valence-corrected chi connectivity index (χ1v) is 8.73. The molecule has 0 aliphatic carbocycles. The Morgan fingerprint density at radius 2 is 2.04 bits per heavy atom. The molecule has 0 radical (unpaired) electrons. The van der Waals surface area contributed by atoms with E-state index in [0.29, 0.717) is 22.2 Å². The number of amides is 1. The number of aryl methyl sites for hydroxylation is 2. The number of nitrogens with one attached hydrogen (secondary N) is 1. The van der Waals surface area contributed by atoms with E-state index in [4.69, 9.17) is 9.47 Å². The van der Waals surface area contributed by atoms with Gasteiger partial charge in [0.1, 0.15) is 0 Å². The van der Waals surface area contributed by atoms with E-state index in [2.05, 4.69) is 36.3 Å². The number of para-hydroxylation sites is 1. The molecule has 1 aromatic heterocycles. The molecule has 0 fully saturated rings. The summed E-state index contributed by atoms with van der Waals surface area (Å²) in [4.78, 5) is 17.1. The lowest BCUT2D eigenvalue weighted by Crippen LogP contribution is -2.12. The van der Waals surface area contributed by atoms with Crippen LogP contribution in [0.4, 0.5) is 5.13 Å². The number of carbonyl (C=O) groups excluding carboxylic acids is 1. The Balaban J connectivity index is 1.56. The molecule has 4 rings (SSSR count). The van der Waals surface area contributed by atoms with Crippen molar-refractivity contribution in [1.82, 2.24) is 4.98 Å². The second-order valence-electron chi connectivity index (χ2n) is 5.83. The molecule has 0 saturated carbocycles. The van der Waals surface area contributed by atoms with E-state index >= 15 is 0 Å². The molecule has 1 aliphatic heterocycles. The van der Waals surface area contributed by atoms with Gasteiger partial charge in [-0.3, -0.25) is 10.1 Å². The number of anilines is 1. The molecule has 126 valence electrons. The molecule has 0 atom stereocenters. The monoisotopic (exact) mass is 352 g/mol. The first-order chi connectivity index (χ1) is 12.1. The van der Waals surface area contributed by atoms with Crippen molar-refractivity contribution in [3.8, 4) is 22.8 Å². The van der Waals surface area contributed by atoms with Gasteiger partial charge in [0.05, 0.1) is 11.3 Å². The smallest absolute Gasteiger partial charge is 0.261 e. The molecule has 6 heteroatoms. The van der Waals surface area contributed by atoms with Crippen LogP contribution in [0.3, 0.4) is 0 Å². The van der Waals surface area contributed by atoms with Gasteiger partial charge in [0.15, 0.2) is 16.6 Å². The van der Waals surface area contributed by atoms with E-state index in [1.54, 1.807) is 18.2 Å². The predicted molar refractivity (Wildman–Crippen MR) is 97.5 cm³/mol. The maximum atomic E-state index is 12.5. The molecule has 2 heterocycles. The van der Waals surface area contributed by atoms with Crippen molar-refractivity contribution in [2.24, 2.45) is 0 Å². The predicted octanol–water partition coefficient (Wildman–Crippen LogP) is 4.41. The number of hydrogen-bond donors (Lipinski definition) is 1. The minimum atomic E-state index is -0.261. The van der Waals surface area contributed by atoms with E-state index in [1.165, 1.54) is 22.5 Å². The number of aromatic nitrogens is 1. The Labute approximate surface area is 149 Å². The van der Waals surface area contributed by atoms with Gasteiger partial charge in [0.2, 0.25) is 6.79 Å². The highest BCUT2D eigenvalue weighted by atomic mass is 32.1. The second-order valence-corrected chi connectivity index (χ2v) is 6.69. The van der Waals surface area contributed by atoms with Crippen LogP contribution in [0, 0.1) is 13.8 Å². The van der Waals surface area contributed by atoms with Crippen LogP contribution in [0.1, 0.15) is 21.5 Å². The number of nitrogens with zero attached hydrogens (tertiary/aromatic N) is 1. The van der Waals surface area contributed by atoms with Gasteiger partial charge in [0, 0.05) is 10.9 Å². The largest absolute Gasteiger partial charge is 0.454 e. The van der Waals surface area contributed by atoms with E-state index in [9.17, 15) is 4.79 Å². The molecule has 1 N–H and O–H groups in total. The Kier molecular flexibility index (Phi) is 3.89. The molecule has 1 amide bonds. The van der Waals surface area contributed by atoms with Gasteiger partial charge in [-0.05, 0) is 43.2 Å². The molecule has 25 heavy (non-hydrogen) atoms. The van der Waals surface area contributed by atoms with Crippen molar-refractivity contribution in [2.45, 2.75) is 13.8 Å². The molecule has 3 aromatic rings. The summed E-state index contributed by atoms with van der Waals surface area (Å²) in [6.45, 7) is 4.29. The lowest BCUT2D eigenvalue weighted by Gasteiger charge is -2.05. The summed E-state index contributed by atoms with van der Waals surface area (Å²) < 4.78 is 10.7. The van der Waals surface area contributed by atoms with Crippen LogP contribution in [0.15, 0.2) is 41.8 Å². The summed E-state index contributed by atoms with van der Waals surface area (Å²) in [5.74, 6) is 0.803. The van der Waals surface area contributed by atoms with Gasteiger partial charge < -0.3 is 9.47 Å². The van der Waals surface area contributed by atoms with Gasteiger partial charge in [-0.25, -0.2) is 4.98 Å². The van der Waals surface area contributed by atoms with Gasteiger partial charge in [-0.15, -0.1) is 11.3 Å². The van der Waals surface area contributed by atoms with Crippen LogP contribution in [-0.4, -0.2) is 17.7 Å². The molecular formula is C19H16N2O3S. The van der Waals surface area contributed by atoms with Gasteiger partial charge in [-0.1, -0.05) is 18.2 Å². The Morgan fingerprint density at radius 3 is 2.88 bits per heavy atom. The number of benzene rings is 2. The topological polar surface area (TPSA) is 60.5 Å². The minimum Gasteiger partial charge on any atom is -0.454 e. The Morgan fingerprint density at radius 1 is 1.16 bits per heavy atom. The molecule has 0 unspecified atom stereocenters. The number of rotatable bonds is 3.